The molecule has 1 rings (SSSR count). The Morgan fingerprint density at radius 1 is 1.17 bits per heavy atom. The SMILES string of the molecule is N1=NO1.[Al+3].[O-2].[Zn+2]. The summed E-state index contributed by atoms with van der Waals surface area (Å²) in [6.45, 7) is 0. The summed E-state index contributed by atoms with van der Waals surface area (Å²) in [6, 6.07) is 0. The predicted molar refractivity (Wildman–Crippen MR) is 12.4 cm³/mol. The average Bonchev–Trinajstić information content (AvgIpc) is 1.46. The first-order valence-corrected chi connectivity index (χ1v) is 0.565. The van der Waals surface area contributed by atoms with E-state index in [1.54, 1.807) is 0 Å². The molecule has 0 saturated carbocycles. The van der Waals surface area contributed by atoms with Crippen LogP contribution in [0.2, 0.25) is 0 Å². The second-order valence-electron chi connectivity index (χ2n) is 0.245. The molecule has 0 unspecified atom stereocenters. The summed E-state index contributed by atoms with van der Waals surface area (Å²) in [5.41, 5.74) is 0. The molecule has 24 valence electrons. The van der Waals surface area contributed by atoms with Gasteiger partial charge in [0.05, 0.1) is 10.6 Å². The minimum Gasteiger partial charge on any atom is -2.00 e. The van der Waals surface area contributed by atoms with Gasteiger partial charge in [0.2, 0.25) is 0 Å². The van der Waals surface area contributed by atoms with Crippen LogP contribution in [0.1, 0.15) is 0 Å². The molecule has 0 bridgehead atoms. The van der Waals surface area contributed by atoms with E-state index in [1.807, 2.05) is 0 Å². The maximum absolute atomic E-state index is 3.75. The van der Waals surface area contributed by atoms with E-state index in [0.717, 1.165) is 0 Å². The second-order valence-corrected chi connectivity index (χ2v) is 0.245. The Bertz CT molecular complexity index is 34.5. The van der Waals surface area contributed by atoms with Crippen LogP contribution in [0.25, 0.3) is 0 Å². The molecule has 0 saturated heterocycles. The molecule has 4 nitrogen and oxygen atoms in total. The molecule has 0 N–H and O–H groups in total. The molecule has 0 radical (unpaired) electrons. The van der Waals surface area contributed by atoms with Crippen molar-refractivity contribution < 1.29 is 29.9 Å². The predicted octanol–water partition coefficient (Wildman–Crippen LogP) is -0.203. The molecule has 6 heteroatoms. The molecule has 0 aromatic rings. The largest absolute Gasteiger partial charge is 3.00 e. The zero-order valence-electron chi connectivity index (χ0n) is 3.00. The third kappa shape index (κ3) is 24.3. The fourth-order valence-electron chi connectivity index (χ4n) is 0. The monoisotopic (exact) mass is 151 g/mol. The molecule has 0 aromatic heterocycles. The fraction of sp³-hybridized carbons (Fsp3) is 0. The number of hydrogen-bond acceptors (Lipinski definition) is 3. The Kier molecular flexibility index (Phi) is 24.3. The van der Waals surface area contributed by atoms with Crippen molar-refractivity contribution in [1.29, 1.82) is 0 Å². The third-order valence-corrected chi connectivity index (χ3v) is 0.0816. The van der Waals surface area contributed by atoms with Crippen LogP contribution in [-0.2, 0) is 29.9 Å². The summed E-state index contributed by atoms with van der Waals surface area (Å²) in [5.74, 6) is 0. The van der Waals surface area contributed by atoms with Gasteiger partial charge in [0.15, 0.2) is 0 Å². The summed E-state index contributed by atoms with van der Waals surface area (Å²) in [6.07, 6.45) is 0. The third-order valence-electron chi connectivity index (χ3n) is 0.0816. The molecule has 0 aliphatic carbocycles. The van der Waals surface area contributed by atoms with Crippen LogP contribution in [0.5, 0.6) is 0 Å². The maximum Gasteiger partial charge on any atom is 3.00 e. The first kappa shape index (κ1) is 16.0. The zero-order valence-corrected chi connectivity index (χ0v) is 7.12. The van der Waals surface area contributed by atoms with Gasteiger partial charge in [-0.3, -0.25) is 0 Å². The number of nitrogens with zero attached hydrogens (tertiary/aromatic N) is 2. The molecule has 1 aliphatic heterocycles. The van der Waals surface area contributed by atoms with Gasteiger partial charge < -0.3 is 5.48 Å². The molecule has 0 aromatic carbocycles. The van der Waals surface area contributed by atoms with Crippen LogP contribution in [0.3, 0.4) is 0 Å². The first-order valence-electron chi connectivity index (χ1n) is 0.565. The quantitative estimate of drug-likeness (QED) is 0.443. The Morgan fingerprint density at radius 2 is 1.33 bits per heavy atom. The van der Waals surface area contributed by atoms with E-state index < -0.39 is 0 Å². The van der Waals surface area contributed by atoms with Gasteiger partial charge in [-0.05, 0) is 0 Å². The fourth-order valence-corrected chi connectivity index (χ4v) is 0. The number of rotatable bonds is 0. The zero-order chi connectivity index (χ0) is 2.12. The molecular formula is AlN2O2Zn+3. The van der Waals surface area contributed by atoms with Crippen LogP contribution in [0.4, 0.5) is 0 Å². The van der Waals surface area contributed by atoms with Crippen LogP contribution in [0, 0.1) is 0 Å². The molecule has 6 heavy (non-hydrogen) atoms. The van der Waals surface area contributed by atoms with Gasteiger partial charge in [-0.2, -0.15) is 4.94 Å². The van der Waals surface area contributed by atoms with Crippen molar-refractivity contribution in [2.75, 3.05) is 0 Å². The van der Waals surface area contributed by atoms with Gasteiger partial charge in [0.1, 0.15) is 0 Å². The Hall–Kier alpha value is 0.516. The Labute approximate surface area is 58.1 Å². The van der Waals surface area contributed by atoms with Crippen molar-refractivity contribution in [2.24, 2.45) is 10.6 Å². The standard InChI is InChI=1S/Al.N2O.O.Zn/c;1-2-3-1;;/q+3;;-2;+2. The van der Waals surface area contributed by atoms with Crippen molar-refractivity contribution in [3.8, 4) is 0 Å². The summed E-state index contributed by atoms with van der Waals surface area (Å²) in [7, 11) is 0. The van der Waals surface area contributed by atoms with E-state index >= 15 is 0 Å². The summed E-state index contributed by atoms with van der Waals surface area (Å²) in [4.78, 5) is 3.75. The topological polar surface area (TPSA) is 65.8 Å². The minimum absolute atomic E-state index is 0. The molecular weight excluding hydrogens is 152 g/mol. The van der Waals surface area contributed by atoms with E-state index in [0.29, 0.717) is 0 Å². The molecule has 0 atom stereocenters. The van der Waals surface area contributed by atoms with E-state index in [1.165, 1.54) is 0 Å². The summed E-state index contributed by atoms with van der Waals surface area (Å²) < 4.78 is 0. The van der Waals surface area contributed by atoms with E-state index in [2.05, 4.69) is 15.5 Å². The van der Waals surface area contributed by atoms with Gasteiger partial charge in [0.25, 0.3) is 0 Å². The molecule has 0 amide bonds. The summed E-state index contributed by atoms with van der Waals surface area (Å²) >= 11 is 0. The van der Waals surface area contributed by atoms with Crippen LogP contribution >= 0.6 is 0 Å². The Morgan fingerprint density at radius 3 is 1.33 bits per heavy atom. The smallest absolute Gasteiger partial charge is 2.00 e. The van der Waals surface area contributed by atoms with Gasteiger partial charge in [-0.15, -0.1) is 0 Å². The van der Waals surface area contributed by atoms with Crippen LogP contribution < -0.4 is 0 Å². The van der Waals surface area contributed by atoms with Gasteiger partial charge in [-0.25, -0.2) is 0 Å². The number of hydrogen-bond donors (Lipinski definition) is 0. The van der Waals surface area contributed by atoms with Gasteiger partial charge in [0, 0.05) is 0 Å². The normalized spacial score (nSPS) is 8.00. The van der Waals surface area contributed by atoms with Crippen LogP contribution in [-0.4, -0.2) is 17.4 Å². The van der Waals surface area contributed by atoms with Crippen molar-refractivity contribution in [3.63, 3.8) is 0 Å². The van der Waals surface area contributed by atoms with Crippen molar-refractivity contribution >= 4 is 17.4 Å². The van der Waals surface area contributed by atoms with E-state index in [-0.39, 0.29) is 42.3 Å². The van der Waals surface area contributed by atoms with Gasteiger partial charge >= 0.3 is 36.8 Å². The molecule has 0 spiro atoms. The van der Waals surface area contributed by atoms with Crippen molar-refractivity contribution in [1.82, 2.24) is 0 Å². The average molecular weight is 152 g/mol. The van der Waals surface area contributed by atoms with Gasteiger partial charge in [-0.1, -0.05) is 0 Å². The Balaban J connectivity index is -0.0000000300. The minimum atomic E-state index is 0. The van der Waals surface area contributed by atoms with E-state index in [4.69, 9.17) is 0 Å². The van der Waals surface area contributed by atoms with E-state index in [9.17, 15) is 0 Å². The second kappa shape index (κ2) is 9.10. The van der Waals surface area contributed by atoms with Crippen LogP contribution in [0.15, 0.2) is 10.6 Å². The van der Waals surface area contributed by atoms with Crippen molar-refractivity contribution in [2.45, 2.75) is 0 Å². The summed E-state index contributed by atoms with van der Waals surface area (Å²) in [5, 5.41) is 5.75. The molecule has 1 aliphatic rings. The molecule has 1 heterocycles. The first-order chi connectivity index (χ1) is 1.50. The van der Waals surface area contributed by atoms with Crippen molar-refractivity contribution in [3.05, 3.63) is 0 Å². The maximum atomic E-state index is 3.75. The molecule has 0 fully saturated rings.